The van der Waals surface area contributed by atoms with E-state index in [0.29, 0.717) is 12.4 Å². The van der Waals surface area contributed by atoms with Gasteiger partial charge < -0.3 is 14.8 Å². The maximum atomic E-state index is 9.94. The Hall–Kier alpha value is -2.46. The first kappa shape index (κ1) is 15.4. The molecule has 4 nitrogen and oxygen atoms in total. The lowest BCUT2D eigenvalue weighted by Crippen LogP contribution is -2.21. The first-order chi connectivity index (χ1) is 11.1. The third kappa shape index (κ3) is 2.90. The highest BCUT2D eigenvalue weighted by Gasteiger charge is 2.21. The molecule has 4 heteroatoms. The van der Waals surface area contributed by atoms with Crippen molar-refractivity contribution in [2.75, 3.05) is 20.7 Å². The van der Waals surface area contributed by atoms with Crippen LogP contribution in [-0.4, -0.2) is 35.7 Å². The standard InChI is InChI=1S/C19H22N2O2/c1-4-23-18-11-13(9-10-17(18)22)19(21(2)3)15-12-20-16-8-6-5-7-14(15)16/h5-12,19-20,22H,4H2,1-3H3. The zero-order valence-electron chi connectivity index (χ0n) is 13.7. The number of rotatable bonds is 5. The SMILES string of the molecule is CCOc1cc(C(c2c[nH]c3ccccc23)N(C)C)ccc1O. The molecule has 0 aliphatic rings. The number of phenolic OH excluding ortho intramolecular Hbond substituents is 1. The monoisotopic (exact) mass is 310 g/mol. The molecule has 3 aromatic rings. The van der Waals surface area contributed by atoms with Crippen LogP contribution in [0.3, 0.4) is 0 Å². The van der Waals surface area contributed by atoms with Crippen molar-refractivity contribution in [1.29, 1.82) is 0 Å². The Bertz CT molecular complexity index is 808. The highest BCUT2D eigenvalue weighted by molar-refractivity contribution is 5.84. The molecule has 3 rings (SSSR count). The number of aromatic hydroxyl groups is 1. The number of H-pyrrole nitrogens is 1. The Morgan fingerprint density at radius 1 is 1.17 bits per heavy atom. The van der Waals surface area contributed by atoms with E-state index in [0.717, 1.165) is 11.1 Å². The number of benzene rings is 2. The van der Waals surface area contributed by atoms with Gasteiger partial charge in [-0.15, -0.1) is 0 Å². The first-order valence-electron chi connectivity index (χ1n) is 7.80. The summed E-state index contributed by atoms with van der Waals surface area (Å²) in [6.07, 6.45) is 2.06. The van der Waals surface area contributed by atoms with Crippen LogP contribution in [0.4, 0.5) is 0 Å². The van der Waals surface area contributed by atoms with Gasteiger partial charge in [0.05, 0.1) is 12.6 Å². The van der Waals surface area contributed by atoms with E-state index < -0.39 is 0 Å². The first-order valence-corrected chi connectivity index (χ1v) is 7.80. The van der Waals surface area contributed by atoms with Gasteiger partial charge in [0.25, 0.3) is 0 Å². The summed E-state index contributed by atoms with van der Waals surface area (Å²) in [6, 6.07) is 13.9. The van der Waals surface area contributed by atoms with Gasteiger partial charge in [0.2, 0.25) is 0 Å². The highest BCUT2D eigenvalue weighted by atomic mass is 16.5. The highest BCUT2D eigenvalue weighted by Crippen LogP contribution is 2.36. The van der Waals surface area contributed by atoms with E-state index in [1.165, 1.54) is 10.9 Å². The Morgan fingerprint density at radius 2 is 1.96 bits per heavy atom. The van der Waals surface area contributed by atoms with Crippen LogP contribution in [0.25, 0.3) is 10.9 Å². The number of aromatic nitrogens is 1. The predicted molar refractivity (Wildman–Crippen MR) is 93.1 cm³/mol. The Morgan fingerprint density at radius 3 is 2.70 bits per heavy atom. The number of nitrogens with zero attached hydrogens (tertiary/aromatic N) is 1. The van der Waals surface area contributed by atoms with Crippen LogP contribution in [0, 0.1) is 0 Å². The smallest absolute Gasteiger partial charge is 0.161 e. The zero-order valence-corrected chi connectivity index (χ0v) is 13.7. The number of phenols is 1. The molecule has 0 fully saturated rings. The normalized spacial score (nSPS) is 12.7. The average Bonchev–Trinajstić information content (AvgIpc) is 2.95. The lowest BCUT2D eigenvalue weighted by Gasteiger charge is -2.25. The maximum Gasteiger partial charge on any atom is 0.161 e. The van der Waals surface area contributed by atoms with Crippen LogP contribution in [-0.2, 0) is 0 Å². The fraction of sp³-hybridized carbons (Fsp3) is 0.263. The van der Waals surface area contributed by atoms with Crippen LogP contribution in [0.5, 0.6) is 11.5 Å². The van der Waals surface area contributed by atoms with Crippen molar-refractivity contribution < 1.29 is 9.84 Å². The molecule has 0 saturated carbocycles. The zero-order chi connectivity index (χ0) is 16.4. The van der Waals surface area contributed by atoms with Crippen LogP contribution < -0.4 is 4.74 Å². The summed E-state index contributed by atoms with van der Waals surface area (Å²) in [7, 11) is 4.11. The van der Waals surface area contributed by atoms with Gasteiger partial charge in [-0.1, -0.05) is 24.3 Å². The largest absolute Gasteiger partial charge is 0.504 e. The minimum Gasteiger partial charge on any atom is -0.504 e. The fourth-order valence-corrected chi connectivity index (χ4v) is 3.05. The summed E-state index contributed by atoms with van der Waals surface area (Å²) < 4.78 is 5.54. The van der Waals surface area contributed by atoms with Crippen molar-refractivity contribution in [3.63, 3.8) is 0 Å². The molecule has 0 saturated heterocycles. The average molecular weight is 310 g/mol. The molecule has 0 amide bonds. The van der Waals surface area contributed by atoms with Gasteiger partial charge >= 0.3 is 0 Å². The van der Waals surface area contributed by atoms with Crippen LogP contribution in [0.1, 0.15) is 24.1 Å². The minimum absolute atomic E-state index is 0.0750. The summed E-state index contributed by atoms with van der Waals surface area (Å²) in [5.41, 5.74) is 3.41. The fourth-order valence-electron chi connectivity index (χ4n) is 3.05. The van der Waals surface area contributed by atoms with Gasteiger partial charge in [-0.05, 0) is 50.3 Å². The molecule has 0 radical (unpaired) electrons. The van der Waals surface area contributed by atoms with E-state index in [1.54, 1.807) is 6.07 Å². The second-order valence-corrected chi connectivity index (χ2v) is 5.82. The molecule has 120 valence electrons. The number of fused-ring (bicyclic) bond motifs is 1. The molecule has 1 unspecified atom stereocenters. The number of aromatic amines is 1. The van der Waals surface area contributed by atoms with Crippen molar-refractivity contribution in [1.82, 2.24) is 9.88 Å². The van der Waals surface area contributed by atoms with E-state index >= 15 is 0 Å². The maximum absolute atomic E-state index is 9.94. The second kappa shape index (κ2) is 6.34. The molecule has 0 aliphatic carbocycles. The van der Waals surface area contributed by atoms with E-state index in [1.807, 2.05) is 25.1 Å². The third-order valence-electron chi connectivity index (χ3n) is 4.03. The van der Waals surface area contributed by atoms with Crippen molar-refractivity contribution in [2.45, 2.75) is 13.0 Å². The van der Waals surface area contributed by atoms with E-state index in [9.17, 15) is 5.11 Å². The summed E-state index contributed by atoms with van der Waals surface area (Å²) >= 11 is 0. The molecule has 2 N–H and O–H groups in total. The summed E-state index contributed by atoms with van der Waals surface area (Å²) in [4.78, 5) is 5.50. The molecule has 2 aromatic carbocycles. The second-order valence-electron chi connectivity index (χ2n) is 5.82. The molecule has 1 aromatic heterocycles. The van der Waals surface area contributed by atoms with Crippen molar-refractivity contribution in [2.24, 2.45) is 0 Å². The van der Waals surface area contributed by atoms with Gasteiger partial charge in [-0.3, -0.25) is 4.90 Å². The minimum atomic E-state index is 0.0750. The van der Waals surface area contributed by atoms with Crippen molar-refractivity contribution >= 4 is 10.9 Å². The van der Waals surface area contributed by atoms with E-state index in [2.05, 4.69) is 48.4 Å². The van der Waals surface area contributed by atoms with Crippen molar-refractivity contribution in [3.05, 3.63) is 59.8 Å². The van der Waals surface area contributed by atoms with Gasteiger partial charge in [-0.25, -0.2) is 0 Å². The van der Waals surface area contributed by atoms with E-state index in [-0.39, 0.29) is 11.8 Å². The Kier molecular flexibility index (Phi) is 4.26. The predicted octanol–water partition coefficient (Wildman–Crippen LogP) is 3.92. The number of hydrogen-bond donors (Lipinski definition) is 2. The topological polar surface area (TPSA) is 48.5 Å². The molecule has 0 spiro atoms. The molecule has 1 atom stereocenters. The number of hydrogen-bond acceptors (Lipinski definition) is 3. The molecule has 1 heterocycles. The number of nitrogens with one attached hydrogen (secondary N) is 1. The summed E-state index contributed by atoms with van der Waals surface area (Å²) in [6.45, 7) is 2.44. The van der Waals surface area contributed by atoms with Crippen LogP contribution in [0.2, 0.25) is 0 Å². The molecular formula is C19H22N2O2. The number of para-hydroxylation sites is 1. The lowest BCUT2D eigenvalue weighted by molar-refractivity contribution is 0.313. The van der Waals surface area contributed by atoms with Gasteiger partial charge in [-0.2, -0.15) is 0 Å². The molecular weight excluding hydrogens is 288 g/mol. The number of ether oxygens (including phenoxy) is 1. The molecule has 23 heavy (non-hydrogen) atoms. The lowest BCUT2D eigenvalue weighted by atomic mass is 9.97. The summed E-state index contributed by atoms with van der Waals surface area (Å²) in [5, 5.41) is 11.1. The van der Waals surface area contributed by atoms with Gasteiger partial charge in [0.15, 0.2) is 11.5 Å². The van der Waals surface area contributed by atoms with Crippen LogP contribution in [0.15, 0.2) is 48.7 Å². The Balaban J connectivity index is 2.11. The quantitative estimate of drug-likeness (QED) is 0.751. The van der Waals surface area contributed by atoms with Gasteiger partial charge in [0.1, 0.15) is 0 Å². The van der Waals surface area contributed by atoms with Gasteiger partial charge in [0, 0.05) is 17.1 Å². The third-order valence-corrected chi connectivity index (χ3v) is 4.03. The summed E-state index contributed by atoms with van der Waals surface area (Å²) in [5.74, 6) is 0.698. The molecule has 0 aliphatic heterocycles. The van der Waals surface area contributed by atoms with Crippen molar-refractivity contribution in [3.8, 4) is 11.5 Å². The Labute approximate surface area is 136 Å². The van der Waals surface area contributed by atoms with Crippen LogP contribution >= 0.6 is 0 Å². The molecule has 0 bridgehead atoms. The van der Waals surface area contributed by atoms with E-state index in [4.69, 9.17) is 4.74 Å².